The van der Waals surface area contributed by atoms with Crippen molar-refractivity contribution < 1.29 is 26.7 Å². The monoisotopic (exact) mass is 351 g/mol. The van der Waals surface area contributed by atoms with Crippen molar-refractivity contribution in [1.29, 1.82) is 0 Å². The Labute approximate surface area is 111 Å². The van der Waals surface area contributed by atoms with Crippen LogP contribution in [0, 0.1) is 0 Å². The molecule has 0 fully saturated rings. The third kappa shape index (κ3) is 2.92. The summed E-state index contributed by atoms with van der Waals surface area (Å²) in [6, 6.07) is 3.78. The third-order valence-corrected chi connectivity index (χ3v) is 3.24. The number of amides is 1. The number of halogens is 7. The van der Waals surface area contributed by atoms with Crippen molar-refractivity contribution in [1.82, 2.24) is 0 Å². The normalized spacial score (nSPS) is 12.4. The fourth-order valence-electron chi connectivity index (χ4n) is 0.930. The fraction of sp³-hybridized carbons (Fsp3) is 0.222. The van der Waals surface area contributed by atoms with Crippen LogP contribution < -0.4 is 5.32 Å². The van der Waals surface area contributed by atoms with Crippen molar-refractivity contribution >= 4 is 39.1 Å². The molecule has 0 spiro atoms. The fourth-order valence-corrected chi connectivity index (χ4v) is 1.47. The number of carbonyl (C=O) groups excluding carboxylic acids is 1. The predicted molar refractivity (Wildman–Crippen MR) is 58.8 cm³/mol. The molecule has 1 aromatic rings. The van der Waals surface area contributed by atoms with Crippen LogP contribution in [0.2, 0.25) is 5.02 Å². The Morgan fingerprint density at radius 1 is 1.22 bits per heavy atom. The van der Waals surface area contributed by atoms with Gasteiger partial charge in [-0.1, -0.05) is 17.7 Å². The van der Waals surface area contributed by atoms with Gasteiger partial charge in [0.25, 0.3) is 0 Å². The van der Waals surface area contributed by atoms with Gasteiger partial charge in [0.2, 0.25) is 0 Å². The molecule has 0 unspecified atom stereocenters. The van der Waals surface area contributed by atoms with Gasteiger partial charge < -0.3 is 5.32 Å². The highest BCUT2D eigenvalue weighted by molar-refractivity contribution is 9.10. The van der Waals surface area contributed by atoms with E-state index in [9.17, 15) is 26.7 Å². The topological polar surface area (TPSA) is 29.1 Å². The van der Waals surface area contributed by atoms with Crippen LogP contribution in [0.25, 0.3) is 0 Å². The summed E-state index contributed by atoms with van der Waals surface area (Å²) in [5.74, 6) is -7.95. The molecule has 0 radical (unpaired) electrons. The van der Waals surface area contributed by atoms with E-state index in [1.807, 2.05) is 0 Å². The summed E-state index contributed by atoms with van der Waals surface area (Å²) in [6.07, 6.45) is -5.96. The van der Waals surface area contributed by atoms with Crippen LogP contribution in [0.1, 0.15) is 0 Å². The molecular formula is C9H4BrClF5NO. The van der Waals surface area contributed by atoms with E-state index in [-0.39, 0.29) is 15.2 Å². The number of nitrogens with one attached hydrogen (secondary N) is 1. The van der Waals surface area contributed by atoms with Crippen LogP contribution in [-0.4, -0.2) is 18.0 Å². The molecule has 18 heavy (non-hydrogen) atoms. The van der Waals surface area contributed by atoms with E-state index < -0.39 is 18.0 Å². The van der Waals surface area contributed by atoms with Crippen LogP contribution in [0.4, 0.5) is 27.6 Å². The number of alkyl halides is 5. The van der Waals surface area contributed by atoms with Gasteiger partial charge in [-0.25, -0.2) is 0 Å². The first-order valence-electron chi connectivity index (χ1n) is 4.27. The highest BCUT2D eigenvalue weighted by Gasteiger charge is 2.63. The van der Waals surface area contributed by atoms with Crippen molar-refractivity contribution in [3.05, 3.63) is 27.7 Å². The van der Waals surface area contributed by atoms with Gasteiger partial charge in [-0.2, -0.15) is 22.0 Å². The Kier molecular flexibility index (Phi) is 4.22. The number of anilines is 1. The maximum atomic E-state index is 12.7. The molecule has 0 aliphatic heterocycles. The molecule has 0 saturated heterocycles. The summed E-state index contributed by atoms with van der Waals surface area (Å²) < 4.78 is 61.1. The SMILES string of the molecule is O=C(Nc1cccc(Cl)c1Br)C(F)(F)C(F)(F)F. The Morgan fingerprint density at radius 3 is 2.28 bits per heavy atom. The molecule has 0 bridgehead atoms. The summed E-state index contributed by atoms with van der Waals surface area (Å²) in [4.78, 5) is 10.9. The first-order valence-corrected chi connectivity index (χ1v) is 5.44. The largest absolute Gasteiger partial charge is 0.463 e. The maximum absolute atomic E-state index is 12.7. The zero-order valence-corrected chi connectivity index (χ0v) is 10.6. The van der Waals surface area contributed by atoms with Gasteiger partial charge in [0.1, 0.15) is 0 Å². The second kappa shape index (κ2) is 5.00. The van der Waals surface area contributed by atoms with E-state index in [1.54, 1.807) is 0 Å². The lowest BCUT2D eigenvalue weighted by molar-refractivity contribution is -0.267. The van der Waals surface area contributed by atoms with Crippen LogP contribution in [0.5, 0.6) is 0 Å². The number of benzene rings is 1. The lowest BCUT2D eigenvalue weighted by Gasteiger charge is -2.19. The second-order valence-corrected chi connectivity index (χ2v) is 4.33. The van der Waals surface area contributed by atoms with Crippen molar-refractivity contribution in [3.8, 4) is 0 Å². The van der Waals surface area contributed by atoms with Crippen molar-refractivity contribution in [2.24, 2.45) is 0 Å². The van der Waals surface area contributed by atoms with Crippen molar-refractivity contribution in [2.75, 3.05) is 5.32 Å². The van der Waals surface area contributed by atoms with Crippen LogP contribution >= 0.6 is 27.5 Å². The average molecular weight is 352 g/mol. The van der Waals surface area contributed by atoms with Crippen LogP contribution in [0.15, 0.2) is 22.7 Å². The van der Waals surface area contributed by atoms with Gasteiger partial charge in [-0.05, 0) is 28.1 Å². The highest BCUT2D eigenvalue weighted by Crippen LogP contribution is 2.37. The molecule has 0 saturated carbocycles. The first kappa shape index (κ1) is 15.2. The van der Waals surface area contributed by atoms with Crippen LogP contribution in [0.3, 0.4) is 0 Å². The molecule has 0 aromatic heterocycles. The lowest BCUT2D eigenvalue weighted by atomic mass is 10.2. The van der Waals surface area contributed by atoms with E-state index in [4.69, 9.17) is 11.6 Å². The van der Waals surface area contributed by atoms with E-state index in [2.05, 4.69) is 15.9 Å². The smallest absolute Gasteiger partial charge is 0.319 e. The molecule has 1 aromatic carbocycles. The average Bonchev–Trinajstić information content (AvgIpc) is 2.23. The Bertz CT molecular complexity index is 477. The maximum Gasteiger partial charge on any atom is 0.463 e. The van der Waals surface area contributed by atoms with Crippen molar-refractivity contribution in [2.45, 2.75) is 12.1 Å². The number of hydrogen-bond donors (Lipinski definition) is 1. The summed E-state index contributed by atoms with van der Waals surface area (Å²) in [5.41, 5.74) is -0.281. The zero-order chi connectivity index (χ0) is 14.1. The van der Waals surface area contributed by atoms with Crippen molar-refractivity contribution in [3.63, 3.8) is 0 Å². The minimum Gasteiger partial charge on any atom is -0.319 e. The van der Waals surface area contributed by atoms with Gasteiger partial charge >= 0.3 is 18.0 Å². The van der Waals surface area contributed by atoms with E-state index >= 15 is 0 Å². The molecule has 0 atom stereocenters. The van der Waals surface area contributed by atoms with Gasteiger partial charge in [-0.15, -0.1) is 0 Å². The molecule has 1 N–H and O–H groups in total. The minimum atomic E-state index is -5.96. The standard InChI is InChI=1S/C9H4BrClF5NO/c10-6-4(11)2-1-3-5(6)17-7(18)8(12,13)9(14,15)16/h1-3H,(H,17,18). The first-order chi connectivity index (χ1) is 8.07. The second-order valence-electron chi connectivity index (χ2n) is 3.13. The molecule has 0 heterocycles. The van der Waals surface area contributed by atoms with E-state index in [0.717, 1.165) is 6.07 Å². The lowest BCUT2D eigenvalue weighted by Crippen LogP contribution is -2.47. The molecule has 2 nitrogen and oxygen atoms in total. The van der Waals surface area contributed by atoms with Gasteiger partial charge in [0.05, 0.1) is 15.2 Å². The Balaban J connectivity index is 2.99. The zero-order valence-electron chi connectivity index (χ0n) is 8.29. The highest BCUT2D eigenvalue weighted by atomic mass is 79.9. The van der Waals surface area contributed by atoms with E-state index in [0.29, 0.717) is 0 Å². The molecule has 100 valence electrons. The minimum absolute atomic E-state index is 0.0120. The molecule has 9 heteroatoms. The summed E-state index contributed by atoms with van der Waals surface area (Å²) in [6.45, 7) is 0. The molecule has 1 rings (SSSR count). The van der Waals surface area contributed by atoms with Gasteiger partial charge in [0, 0.05) is 0 Å². The molecule has 1 amide bonds. The summed E-state index contributed by atoms with van der Waals surface area (Å²) >= 11 is 8.45. The van der Waals surface area contributed by atoms with Crippen LogP contribution in [-0.2, 0) is 4.79 Å². The molecule has 0 aliphatic rings. The number of hydrogen-bond acceptors (Lipinski definition) is 1. The number of carbonyl (C=O) groups is 1. The molecule has 0 aliphatic carbocycles. The Morgan fingerprint density at radius 2 is 1.78 bits per heavy atom. The summed E-state index contributed by atoms with van der Waals surface area (Å²) in [7, 11) is 0. The summed E-state index contributed by atoms with van der Waals surface area (Å²) in [5, 5.41) is 1.52. The Hall–Kier alpha value is -0.890. The molecular weight excluding hydrogens is 348 g/mol. The number of rotatable bonds is 2. The quantitative estimate of drug-likeness (QED) is 0.793. The van der Waals surface area contributed by atoms with E-state index in [1.165, 1.54) is 17.4 Å². The third-order valence-electron chi connectivity index (χ3n) is 1.84. The van der Waals surface area contributed by atoms with Gasteiger partial charge in [0.15, 0.2) is 0 Å². The predicted octanol–water partition coefficient (Wildman–Crippen LogP) is 4.24. The van der Waals surface area contributed by atoms with Gasteiger partial charge in [-0.3, -0.25) is 4.79 Å².